The average molecular weight is 393 g/mol. The van der Waals surface area contributed by atoms with Crippen molar-refractivity contribution in [1.29, 1.82) is 0 Å². The quantitative estimate of drug-likeness (QED) is 0.423. The Balaban J connectivity index is 1.61. The molecule has 0 amide bonds. The molecule has 0 radical (unpaired) electrons. The van der Waals surface area contributed by atoms with E-state index in [0.717, 1.165) is 37.5 Å². The van der Waals surface area contributed by atoms with Crippen molar-refractivity contribution in [3.8, 4) is 11.6 Å². The number of hydrazone groups is 1. The first-order valence-electron chi connectivity index (χ1n) is 8.45. The summed E-state index contributed by atoms with van der Waals surface area (Å²) in [6.07, 6.45) is 2.43. The number of benzene rings is 1. The first-order chi connectivity index (χ1) is 13.5. The van der Waals surface area contributed by atoms with Crippen LogP contribution in [0.5, 0.6) is 11.6 Å². The number of hydrogen-bond acceptors (Lipinski definition) is 7. The minimum Gasteiger partial charge on any atom is -0.471 e. The summed E-state index contributed by atoms with van der Waals surface area (Å²) in [6, 6.07) is 8.78. The van der Waals surface area contributed by atoms with Crippen LogP contribution in [0.4, 0.5) is 24.7 Å². The predicted octanol–water partition coefficient (Wildman–Crippen LogP) is 3.13. The number of anilines is 1. The van der Waals surface area contributed by atoms with Crippen LogP contribution in [-0.4, -0.2) is 43.2 Å². The summed E-state index contributed by atoms with van der Waals surface area (Å²) in [7, 11) is 0. The molecule has 2 heterocycles. The van der Waals surface area contributed by atoms with Crippen LogP contribution in [-0.2, 0) is 0 Å². The highest BCUT2D eigenvalue weighted by Gasteiger charge is 2.16. The van der Waals surface area contributed by atoms with Crippen molar-refractivity contribution in [3.63, 3.8) is 0 Å². The van der Waals surface area contributed by atoms with E-state index in [1.54, 1.807) is 6.07 Å². The van der Waals surface area contributed by atoms with Gasteiger partial charge < -0.3 is 20.2 Å². The van der Waals surface area contributed by atoms with Crippen molar-refractivity contribution >= 4 is 23.4 Å². The van der Waals surface area contributed by atoms with Crippen molar-refractivity contribution < 1.29 is 22.6 Å². The number of aliphatic imine (C=N–C) groups is 1. The molecule has 0 aliphatic carbocycles. The molecule has 1 saturated heterocycles. The lowest BCUT2D eigenvalue weighted by atomic mass is 10.2. The molecule has 0 bridgehead atoms. The van der Waals surface area contributed by atoms with Gasteiger partial charge in [-0.15, -0.1) is 0 Å². The van der Waals surface area contributed by atoms with Gasteiger partial charge in [-0.25, -0.2) is 4.39 Å². The molecule has 2 N–H and O–H groups in total. The Morgan fingerprint density at radius 1 is 1.29 bits per heavy atom. The summed E-state index contributed by atoms with van der Waals surface area (Å²) < 4.78 is 47.7. The van der Waals surface area contributed by atoms with Crippen molar-refractivity contribution in [3.05, 3.63) is 42.2 Å². The number of halogens is 3. The number of aromatic nitrogens is 1. The lowest BCUT2D eigenvalue weighted by Gasteiger charge is -2.32. The molecule has 0 unspecified atom stereocenters. The first-order valence-corrected chi connectivity index (χ1v) is 8.45. The fraction of sp³-hybridized carbons (Fsp3) is 0.278. The maximum Gasteiger partial charge on any atom is 0.387 e. The van der Waals surface area contributed by atoms with Crippen LogP contribution >= 0.6 is 0 Å². The van der Waals surface area contributed by atoms with Gasteiger partial charge in [0, 0.05) is 25.2 Å². The highest BCUT2D eigenvalue weighted by molar-refractivity contribution is 6.31. The molecule has 0 spiro atoms. The number of rotatable bonds is 8. The van der Waals surface area contributed by atoms with E-state index < -0.39 is 18.2 Å². The van der Waals surface area contributed by atoms with Gasteiger partial charge in [0.15, 0.2) is 11.6 Å². The van der Waals surface area contributed by atoms with Crippen molar-refractivity contribution in [2.24, 2.45) is 15.9 Å². The molecule has 1 aromatic carbocycles. The van der Waals surface area contributed by atoms with Crippen LogP contribution in [0.3, 0.4) is 0 Å². The standard InChI is InChI=1S/C18H18F3N5O2/c19-14-6-5-12(9-15(14)28-18(20)21)23-10-13(25-22)11-27-17-4-1-3-16(24-17)26-7-2-8-26/h1,3-6,9-10,18H,2,7-8,11,22H2. The van der Waals surface area contributed by atoms with E-state index in [2.05, 4.69) is 24.7 Å². The zero-order valence-electron chi connectivity index (χ0n) is 14.8. The molecule has 1 aliphatic rings. The highest BCUT2D eigenvalue weighted by Crippen LogP contribution is 2.25. The third-order valence-corrected chi connectivity index (χ3v) is 3.92. The fourth-order valence-electron chi connectivity index (χ4n) is 2.37. The lowest BCUT2D eigenvalue weighted by Crippen LogP contribution is -2.37. The highest BCUT2D eigenvalue weighted by atomic mass is 19.3. The third kappa shape index (κ3) is 5.12. The SMILES string of the molecule is NN=C(C=Nc1ccc(F)c(OC(F)F)c1)COc1cccc(N2CCC2)n1. The Morgan fingerprint density at radius 2 is 2.11 bits per heavy atom. The second-order valence-corrected chi connectivity index (χ2v) is 5.84. The summed E-state index contributed by atoms with van der Waals surface area (Å²) in [5.74, 6) is 5.07. The summed E-state index contributed by atoms with van der Waals surface area (Å²) >= 11 is 0. The Bertz CT molecular complexity index is 872. The topological polar surface area (TPSA) is 85.3 Å². The molecule has 148 valence electrons. The maximum atomic E-state index is 13.4. The molecular formula is C18H18F3N5O2. The summed E-state index contributed by atoms with van der Waals surface area (Å²) in [6.45, 7) is -1.21. The van der Waals surface area contributed by atoms with Gasteiger partial charge in [-0.3, -0.25) is 4.99 Å². The van der Waals surface area contributed by atoms with E-state index in [1.165, 1.54) is 12.3 Å². The molecule has 1 aromatic heterocycles. The largest absolute Gasteiger partial charge is 0.471 e. The van der Waals surface area contributed by atoms with E-state index in [-0.39, 0.29) is 18.0 Å². The Morgan fingerprint density at radius 3 is 2.79 bits per heavy atom. The number of nitrogens with two attached hydrogens (primary N) is 1. The second kappa shape index (κ2) is 9.07. The van der Waals surface area contributed by atoms with Gasteiger partial charge in [-0.05, 0) is 24.6 Å². The second-order valence-electron chi connectivity index (χ2n) is 5.84. The number of ether oxygens (including phenoxy) is 2. The summed E-state index contributed by atoms with van der Waals surface area (Å²) in [5, 5.41) is 3.57. The van der Waals surface area contributed by atoms with E-state index in [0.29, 0.717) is 5.88 Å². The van der Waals surface area contributed by atoms with Crippen LogP contribution in [0.25, 0.3) is 0 Å². The van der Waals surface area contributed by atoms with E-state index in [9.17, 15) is 13.2 Å². The van der Waals surface area contributed by atoms with Gasteiger partial charge in [0.1, 0.15) is 18.1 Å². The maximum absolute atomic E-state index is 13.4. The van der Waals surface area contributed by atoms with Crippen LogP contribution in [0.1, 0.15) is 6.42 Å². The summed E-state index contributed by atoms with van der Waals surface area (Å²) in [5.41, 5.74) is 0.466. The van der Waals surface area contributed by atoms with Gasteiger partial charge >= 0.3 is 6.61 Å². The molecule has 0 saturated carbocycles. The molecule has 3 rings (SSSR count). The molecule has 1 fully saturated rings. The number of alkyl halides is 2. The Labute approximate surface area is 159 Å². The average Bonchev–Trinajstić information content (AvgIpc) is 2.63. The first kappa shape index (κ1) is 19.5. The molecule has 7 nitrogen and oxygen atoms in total. The normalized spacial score (nSPS) is 14.4. The van der Waals surface area contributed by atoms with Gasteiger partial charge in [-0.1, -0.05) is 6.07 Å². The van der Waals surface area contributed by atoms with Crippen LogP contribution < -0.4 is 20.2 Å². The zero-order chi connectivity index (χ0) is 19.9. The Hall–Kier alpha value is -3.30. The minimum atomic E-state index is -3.14. The summed E-state index contributed by atoms with van der Waals surface area (Å²) in [4.78, 5) is 10.6. The van der Waals surface area contributed by atoms with Gasteiger partial charge in [-0.2, -0.15) is 18.9 Å². The fourth-order valence-corrected chi connectivity index (χ4v) is 2.37. The number of nitrogens with zero attached hydrogens (tertiary/aromatic N) is 4. The van der Waals surface area contributed by atoms with Crippen LogP contribution in [0.2, 0.25) is 0 Å². The van der Waals surface area contributed by atoms with Crippen molar-refractivity contribution in [1.82, 2.24) is 4.98 Å². The molecule has 1 aliphatic heterocycles. The van der Waals surface area contributed by atoms with Crippen molar-refractivity contribution in [2.45, 2.75) is 13.0 Å². The van der Waals surface area contributed by atoms with Crippen molar-refractivity contribution in [2.75, 3.05) is 24.6 Å². The third-order valence-electron chi connectivity index (χ3n) is 3.92. The zero-order valence-corrected chi connectivity index (χ0v) is 14.8. The van der Waals surface area contributed by atoms with E-state index in [1.807, 2.05) is 12.1 Å². The smallest absolute Gasteiger partial charge is 0.387 e. The molecule has 10 heteroatoms. The number of pyridine rings is 1. The molecule has 2 aromatic rings. The van der Waals surface area contributed by atoms with E-state index >= 15 is 0 Å². The van der Waals surface area contributed by atoms with Gasteiger partial charge in [0.25, 0.3) is 0 Å². The predicted molar refractivity (Wildman–Crippen MR) is 99.4 cm³/mol. The van der Waals surface area contributed by atoms with Gasteiger partial charge in [0.2, 0.25) is 5.88 Å². The van der Waals surface area contributed by atoms with E-state index in [4.69, 9.17) is 10.6 Å². The molecule has 0 atom stereocenters. The van der Waals surface area contributed by atoms with Gasteiger partial charge in [0.05, 0.1) is 11.9 Å². The Kier molecular flexibility index (Phi) is 6.30. The van der Waals surface area contributed by atoms with Crippen LogP contribution in [0, 0.1) is 5.82 Å². The number of hydrogen-bond donors (Lipinski definition) is 1. The minimum absolute atomic E-state index is 0.00195. The molecular weight excluding hydrogens is 375 g/mol. The molecule has 28 heavy (non-hydrogen) atoms. The van der Waals surface area contributed by atoms with Crippen LogP contribution in [0.15, 0.2) is 46.5 Å². The monoisotopic (exact) mass is 393 g/mol. The lowest BCUT2D eigenvalue weighted by molar-refractivity contribution is -0.0521.